The van der Waals surface area contributed by atoms with Crippen LogP contribution in [-0.4, -0.2) is 49.3 Å². The van der Waals surface area contributed by atoms with E-state index in [0.717, 1.165) is 25.7 Å². The first kappa shape index (κ1) is 12.3. The van der Waals surface area contributed by atoms with E-state index in [0.29, 0.717) is 12.1 Å². The van der Waals surface area contributed by atoms with Crippen molar-refractivity contribution in [2.45, 2.75) is 57.7 Å². The van der Waals surface area contributed by atoms with Crippen molar-refractivity contribution in [3.05, 3.63) is 0 Å². The van der Waals surface area contributed by atoms with E-state index in [1.165, 1.54) is 32.2 Å². The summed E-state index contributed by atoms with van der Waals surface area (Å²) in [6.45, 7) is 8.86. The van der Waals surface area contributed by atoms with Crippen LogP contribution in [0.4, 0.5) is 0 Å². The minimum atomic E-state index is 0.384. The number of ether oxygens (including phenoxy) is 1. The van der Waals surface area contributed by atoms with Gasteiger partial charge in [-0.1, -0.05) is 12.8 Å². The molecule has 3 nitrogen and oxygen atoms in total. The maximum atomic E-state index is 5.88. The third-order valence-corrected chi connectivity index (χ3v) is 4.12. The summed E-state index contributed by atoms with van der Waals surface area (Å²) in [5.41, 5.74) is 0. The zero-order valence-electron chi connectivity index (χ0n) is 10.7. The molecular formula is C13H26N2O. The lowest BCUT2D eigenvalue weighted by Crippen LogP contribution is -2.53. The second-order valence-corrected chi connectivity index (χ2v) is 5.29. The molecule has 3 heteroatoms. The maximum Gasteiger partial charge on any atom is 0.0852 e. The van der Waals surface area contributed by atoms with Crippen molar-refractivity contribution in [1.29, 1.82) is 0 Å². The number of rotatable bonds is 2. The van der Waals surface area contributed by atoms with Crippen molar-refractivity contribution in [3.63, 3.8) is 0 Å². The summed E-state index contributed by atoms with van der Waals surface area (Å²) in [5, 5.41) is 3.43. The average Bonchev–Trinajstić information content (AvgIpc) is 2.54. The van der Waals surface area contributed by atoms with Gasteiger partial charge in [-0.25, -0.2) is 0 Å². The Kier molecular flexibility index (Phi) is 4.62. The smallest absolute Gasteiger partial charge is 0.0852 e. The monoisotopic (exact) mass is 226 g/mol. The van der Waals surface area contributed by atoms with Gasteiger partial charge in [-0.2, -0.15) is 0 Å². The van der Waals surface area contributed by atoms with Crippen LogP contribution < -0.4 is 5.32 Å². The van der Waals surface area contributed by atoms with Gasteiger partial charge in [0, 0.05) is 25.2 Å². The Morgan fingerprint density at radius 3 is 2.94 bits per heavy atom. The second kappa shape index (κ2) is 5.99. The second-order valence-electron chi connectivity index (χ2n) is 5.29. The van der Waals surface area contributed by atoms with Gasteiger partial charge in [0.2, 0.25) is 0 Å². The summed E-state index contributed by atoms with van der Waals surface area (Å²) >= 11 is 0. The van der Waals surface area contributed by atoms with Gasteiger partial charge >= 0.3 is 0 Å². The number of hydrogen-bond donors (Lipinski definition) is 1. The zero-order chi connectivity index (χ0) is 11.4. The Bertz CT molecular complexity index is 204. The lowest BCUT2D eigenvalue weighted by atomic mass is 10.1. The molecule has 0 spiro atoms. The summed E-state index contributed by atoms with van der Waals surface area (Å²) in [6.07, 6.45) is 5.89. The van der Waals surface area contributed by atoms with E-state index in [-0.39, 0.29) is 0 Å². The number of likely N-dealkylation sites (tertiary alicyclic amines) is 1. The molecule has 2 fully saturated rings. The third-order valence-electron chi connectivity index (χ3n) is 4.12. The fourth-order valence-corrected chi connectivity index (χ4v) is 3.01. The molecule has 0 bridgehead atoms. The van der Waals surface area contributed by atoms with Crippen LogP contribution in [0.1, 0.15) is 39.5 Å². The maximum absolute atomic E-state index is 5.88. The SMILES string of the molecule is CC1CCCCCN1C(C)C1CNCCO1. The van der Waals surface area contributed by atoms with Crippen molar-refractivity contribution in [3.8, 4) is 0 Å². The Morgan fingerprint density at radius 2 is 2.19 bits per heavy atom. The summed E-state index contributed by atoms with van der Waals surface area (Å²) in [5.74, 6) is 0. The highest BCUT2D eigenvalue weighted by atomic mass is 16.5. The van der Waals surface area contributed by atoms with Crippen molar-refractivity contribution < 1.29 is 4.74 Å². The minimum Gasteiger partial charge on any atom is -0.374 e. The molecule has 1 N–H and O–H groups in total. The highest BCUT2D eigenvalue weighted by molar-refractivity contribution is 4.84. The molecule has 0 amide bonds. The van der Waals surface area contributed by atoms with Crippen LogP contribution in [0.2, 0.25) is 0 Å². The first-order valence-electron chi connectivity index (χ1n) is 6.87. The lowest BCUT2D eigenvalue weighted by molar-refractivity contribution is -0.0348. The Labute approximate surface area is 99.5 Å². The number of nitrogens with zero attached hydrogens (tertiary/aromatic N) is 1. The van der Waals surface area contributed by atoms with Gasteiger partial charge in [-0.15, -0.1) is 0 Å². The molecule has 94 valence electrons. The van der Waals surface area contributed by atoms with Crippen molar-refractivity contribution >= 4 is 0 Å². The van der Waals surface area contributed by atoms with Crippen LogP contribution >= 0.6 is 0 Å². The summed E-state index contributed by atoms with van der Waals surface area (Å²) < 4.78 is 5.88. The predicted octanol–water partition coefficient (Wildman–Crippen LogP) is 1.63. The highest BCUT2D eigenvalue weighted by Gasteiger charge is 2.29. The average molecular weight is 226 g/mol. The molecule has 2 aliphatic heterocycles. The van der Waals surface area contributed by atoms with Crippen LogP contribution in [0.15, 0.2) is 0 Å². The van der Waals surface area contributed by atoms with E-state index in [2.05, 4.69) is 24.1 Å². The van der Waals surface area contributed by atoms with E-state index in [1.54, 1.807) is 0 Å². The fourth-order valence-electron chi connectivity index (χ4n) is 3.01. The number of hydrogen-bond acceptors (Lipinski definition) is 3. The van der Waals surface area contributed by atoms with Gasteiger partial charge in [-0.3, -0.25) is 4.90 Å². The lowest BCUT2D eigenvalue weighted by Gasteiger charge is -2.39. The molecule has 16 heavy (non-hydrogen) atoms. The molecule has 0 radical (unpaired) electrons. The topological polar surface area (TPSA) is 24.5 Å². The molecule has 3 atom stereocenters. The van der Waals surface area contributed by atoms with E-state index in [9.17, 15) is 0 Å². The molecule has 3 unspecified atom stereocenters. The third kappa shape index (κ3) is 2.96. The molecular weight excluding hydrogens is 200 g/mol. The van der Waals surface area contributed by atoms with Crippen LogP contribution in [0.3, 0.4) is 0 Å². The standard InChI is InChI=1S/C13H26N2O/c1-11-6-4-3-5-8-15(11)12(2)13-10-14-7-9-16-13/h11-14H,3-10H2,1-2H3. The molecule has 2 saturated heterocycles. The van der Waals surface area contributed by atoms with E-state index in [4.69, 9.17) is 4.74 Å². The molecule has 2 aliphatic rings. The molecule has 2 heterocycles. The van der Waals surface area contributed by atoms with Crippen molar-refractivity contribution in [2.24, 2.45) is 0 Å². The van der Waals surface area contributed by atoms with E-state index >= 15 is 0 Å². The van der Waals surface area contributed by atoms with Gasteiger partial charge in [0.25, 0.3) is 0 Å². The predicted molar refractivity (Wildman–Crippen MR) is 66.7 cm³/mol. The van der Waals surface area contributed by atoms with Gasteiger partial charge in [0.1, 0.15) is 0 Å². The van der Waals surface area contributed by atoms with E-state index < -0.39 is 0 Å². The van der Waals surface area contributed by atoms with E-state index in [1.807, 2.05) is 0 Å². The normalized spacial score (nSPS) is 35.6. The van der Waals surface area contributed by atoms with Gasteiger partial charge in [0.15, 0.2) is 0 Å². The minimum absolute atomic E-state index is 0.384. The Balaban J connectivity index is 1.92. The van der Waals surface area contributed by atoms with Gasteiger partial charge in [0.05, 0.1) is 12.7 Å². The molecule has 2 rings (SSSR count). The fraction of sp³-hybridized carbons (Fsp3) is 1.00. The van der Waals surface area contributed by atoms with Crippen LogP contribution in [0.25, 0.3) is 0 Å². The quantitative estimate of drug-likeness (QED) is 0.774. The molecule has 0 aromatic carbocycles. The van der Waals surface area contributed by atoms with Crippen molar-refractivity contribution in [2.75, 3.05) is 26.2 Å². The number of morpholine rings is 1. The molecule has 0 aromatic rings. The molecule has 0 saturated carbocycles. The van der Waals surface area contributed by atoms with Gasteiger partial charge < -0.3 is 10.1 Å². The summed E-state index contributed by atoms with van der Waals surface area (Å²) in [4.78, 5) is 2.66. The summed E-state index contributed by atoms with van der Waals surface area (Å²) in [6, 6.07) is 1.28. The molecule has 0 aliphatic carbocycles. The van der Waals surface area contributed by atoms with Gasteiger partial charge in [-0.05, 0) is 33.2 Å². The van der Waals surface area contributed by atoms with Crippen LogP contribution in [0.5, 0.6) is 0 Å². The zero-order valence-corrected chi connectivity index (χ0v) is 10.7. The van der Waals surface area contributed by atoms with Crippen molar-refractivity contribution in [1.82, 2.24) is 10.2 Å². The Hall–Kier alpha value is -0.120. The largest absolute Gasteiger partial charge is 0.374 e. The van der Waals surface area contributed by atoms with Crippen LogP contribution in [0, 0.1) is 0 Å². The highest BCUT2D eigenvalue weighted by Crippen LogP contribution is 2.21. The number of nitrogens with one attached hydrogen (secondary N) is 1. The Morgan fingerprint density at radius 1 is 1.31 bits per heavy atom. The first-order chi connectivity index (χ1) is 7.79. The van der Waals surface area contributed by atoms with Crippen LogP contribution in [-0.2, 0) is 4.74 Å². The molecule has 0 aromatic heterocycles. The first-order valence-corrected chi connectivity index (χ1v) is 6.87. The summed E-state index contributed by atoms with van der Waals surface area (Å²) in [7, 11) is 0.